The first kappa shape index (κ1) is 14.1. The minimum Gasteiger partial charge on any atom is -0.207 e. The highest BCUT2D eigenvalue weighted by molar-refractivity contribution is 9.09. The van der Waals surface area contributed by atoms with Crippen molar-refractivity contribution in [2.45, 2.75) is 18.2 Å². The molecular formula is C15H12BrF3. The number of rotatable bonds is 3. The molecule has 0 nitrogen and oxygen atoms in total. The molecule has 0 aromatic heterocycles. The zero-order valence-corrected chi connectivity index (χ0v) is 11.8. The lowest BCUT2D eigenvalue weighted by Crippen LogP contribution is -1.99. The van der Waals surface area contributed by atoms with Crippen LogP contribution in [0, 0.1) is 24.4 Å². The maximum atomic E-state index is 13.1. The van der Waals surface area contributed by atoms with E-state index in [9.17, 15) is 13.2 Å². The molecule has 2 aromatic rings. The molecule has 0 saturated carbocycles. The number of hydrogen-bond acceptors (Lipinski definition) is 0. The third-order valence-electron chi connectivity index (χ3n) is 2.97. The van der Waals surface area contributed by atoms with Crippen molar-refractivity contribution in [3.63, 3.8) is 0 Å². The maximum Gasteiger partial charge on any atom is 0.159 e. The van der Waals surface area contributed by atoms with E-state index in [0.29, 0.717) is 12.0 Å². The zero-order valence-electron chi connectivity index (χ0n) is 10.3. The van der Waals surface area contributed by atoms with Gasteiger partial charge in [-0.25, -0.2) is 13.2 Å². The molecule has 1 unspecified atom stereocenters. The zero-order chi connectivity index (χ0) is 14.0. The second-order valence-electron chi connectivity index (χ2n) is 4.42. The van der Waals surface area contributed by atoms with Crippen LogP contribution in [-0.2, 0) is 6.42 Å². The highest BCUT2D eigenvalue weighted by Crippen LogP contribution is 2.30. The van der Waals surface area contributed by atoms with E-state index in [1.807, 2.05) is 6.92 Å². The quantitative estimate of drug-likeness (QED) is 0.688. The summed E-state index contributed by atoms with van der Waals surface area (Å²) in [5.74, 6) is -1.99. The predicted molar refractivity (Wildman–Crippen MR) is 72.9 cm³/mol. The van der Waals surface area contributed by atoms with Gasteiger partial charge in [-0.1, -0.05) is 28.1 Å². The van der Waals surface area contributed by atoms with Crippen LogP contribution in [0.5, 0.6) is 0 Å². The van der Waals surface area contributed by atoms with E-state index in [2.05, 4.69) is 15.9 Å². The Kier molecular flexibility index (Phi) is 4.30. The van der Waals surface area contributed by atoms with Crippen LogP contribution in [-0.4, -0.2) is 0 Å². The molecule has 19 heavy (non-hydrogen) atoms. The molecule has 0 aliphatic heterocycles. The van der Waals surface area contributed by atoms with Gasteiger partial charge in [0, 0.05) is 4.83 Å². The maximum absolute atomic E-state index is 13.1. The molecule has 0 aliphatic carbocycles. The van der Waals surface area contributed by atoms with E-state index in [4.69, 9.17) is 0 Å². The van der Waals surface area contributed by atoms with E-state index in [1.54, 1.807) is 12.1 Å². The molecule has 1 atom stereocenters. The molecule has 0 bridgehead atoms. The molecule has 2 rings (SSSR count). The number of benzene rings is 2. The number of hydrogen-bond donors (Lipinski definition) is 0. The molecule has 4 heteroatoms. The van der Waals surface area contributed by atoms with Crippen LogP contribution in [0.4, 0.5) is 13.2 Å². The van der Waals surface area contributed by atoms with Gasteiger partial charge in [0.2, 0.25) is 0 Å². The Morgan fingerprint density at radius 2 is 1.74 bits per heavy atom. The van der Waals surface area contributed by atoms with Gasteiger partial charge < -0.3 is 0 Å². The minimum absolute atomic E-state index is 0.0713. The number of alkyl halides is 1. The Balaban J connectivity index is 2.20. The molecule has 0 fully saturated rings. The molecule has 0 spiro atoms. The Labute approximate surface area is 118 Å². The summed E-state index contributed by atoms with van der Waals surface area (Å²) in [4.78, 5) is -0.0713. The number of aryl methyl sites for hydroxylation is 1. The van der Waals surface area contributed by atoms with Crippen molar-refractivity contribution >= 4 is 15.9 Å². The smallest absolute Gasteiger partial charge is 0.159 e. The largest absolute Gasteiger partial charge is 0.207 e. The van der Waals surface area contributed by atoms with Gasteiger partial charge in [-0.3, -0.25) is 0 Å². The molecule has 0 saturated heterocycles. The standard InChI is InChI=1S/C15H12BrF3/c1-9-6-11(17)3-4-12(9)13(16)7-10-2-5-14(18)15(19)8-10/h2-6,8,13H,7H2,1H3. The fourth-order valence-corrected chi connectivity index (χ4v) is 2.86. The first-order valence-corrected chi connectivity index (χ1v) is 6.73. The molecule has 0 N–H and O–H groups in total. The molecule has 0 amide bonds. The average molecular weight is 329 g/mol. The summed E-state index contributed by atoms with van der Waals surface area (Å²) in [6.07, 6.45) is 0.504. The first-order chi connectivity index (χ1) is 8.97. The lowest BCUT2D eigenvalue weighted by atomic mass is 10.0. The van der Waals surface area contributed by atoms with Gasteiger partial charge in [0.25, 0.3) is 0 Å². The van der Waals surface area contributed by atoms with Gasteiger partial charge in [0.05, 0.1) is 0 Å². The minimum atomic E-state index is -0.854. The summed E-state index contributed by atoms with van der Waals surface area (Å²) >= 11 is 3.50. The summed E-state index contributed by atoms with van der Waals surface area (Å²) in [5.41, 5.74) is 2.44. The van der Waals surface area contributed by atoms with Gasteiger partial charge in [0.1, 0.15) is 5.82 Å². The summed E-state index contributed by atoms with van der Waals surface area (Å²) in [7, 11) is 0. The van der Waals surface area contributed by atoms with Crippen molar-refractivity contribution < 1.29 is 13.2 Å². The van der Waals surface area contributed by atoms with Crippen molar-refractivity contribution in [3.05, 3.63) is 70.5 Å². The van der Waals surface area contributed by atoms with Crippen molar-refractivity contribution in [1.82, 2.24) is 0 Å². The van der Waals surface area contributed by atoms with Gasteiger partial charge in [-0.05, 0) is 54.3 Å². The van der Waals surface area contributed by atoms with E-state index in [0.717, 1.165) is 17.2 Å². The third-order valence-corrected chi connectivity index (χ3v) is 3.79. The summed E-state index contributed by atoms with van der Waals surface area (Å²) in [6.45, 7) is 1.82. The molecule has 2 aromatic carbocycles. The number of halogens is 4. The molecule has 0 heterocycles. The fourth-order valence-electron chi connectivity index (χ4n) is 1.97. The molecule has 0 aliphatic rings. The van der Waals surface area contributed by atoms with Crippen LogP contribution in [0.1, 0.15) is 21.5 Å². The van der Waals surface area contributed by atoms with Gasteiger partial charge in [0.15, 0.2) is 11.6 Å². The van der Waals surface area contributed by atoms with Gasteiger partial charge in [-0.15, -0.1) is 0 Å². The van der Waals surface area contributed by atoms with Crippen molar-refractivity contribution in [2.24, 2.45) is 0 Å². The lowest BCUT2D eigenvalue weighted by Gasteiger charge is -2.13. The summed E-state index contributed by atoms with van der Waals surface area (Å²) < 4.78 is 39.0. The van der Waals surface area contributed by atoms with Gasteiger partial charge >= 0.3 is 0 Å². The lowest BCUT2D eigenvalue weighted by molar-refractivity contribution is 0.507. The van der Waals surface area contributed by atoms with Crippen LogP contribution in [0.15, 0.2) is 36.4 Å². The summed E-state index contributed by atoms with van der Waals surface area (Å²) in [5, 5.41) is 0. The van der Waals surface area contributed by atoms with Crippen LogP contribution < -0.4 is 0 Å². The van der Waals surface area contributed by atoms with E-state index in [1.165, 1.54) is 18.2 Å². The highest BCUT2D eigenvalue weighted by atomic mass is 79.9. The normalized spacial score (nSPS) is 12.5. The molecule has 100 valence electrons. The molecular weight excluding hydrogens is 317 g/mol. The molecule has 0 radical (unpaired) electrons. The average Bonchev–Trinajstić information content (AvgIpc) is 2.33. The summed E-state index contributed by atoms with van der Waals surface area (Å²) in [6, 6.07) is 8.39. The second-order valence-corrected chi connectivity index (χ2v) is 5.53. The van der Waals surface area contributed by atoms with E-state index < -0.39 is 11.6 Å². The van der Waals surface area contributed by atoms with E-state index >= 15 is 0 Å². The van der Waals surface area contributed by atoms with E-state index in [-0.39, 0.29) is 10.6 Å². The fraction of sp³-hybridized carbons (Fsp3) is 0.200. The SMILES string of the molecule is Cc1cc(F)ccc1C(Br)Cc1ccc(F)c(F)c1. The topological polar surface area (TPSA) is 0 Å². The Hall–Kier alpha value is -1.29. The Morgan fingerprint density at radius 1 is 1.00 bits per heavy atom. The van der Waals surface area contributed by atoms with Crippen molar-refractivity contribution in [3.8, 4) is 0 Å². The first-order valence-electron chi connectivity index (χ1n) is 5.81. The van der Waals surface area contributed by atoms with Crippen molar-refractivity contribution in [2.75, 3.05) is 0 Å². The second kappa shape index (κ2) is 5.78. The highest BCUT2D eigenvalue weighted by Gasteiger charge is 2.13. The van der Waals surface area contributed by atoms with Crippen molar-refractivity contribution in [1.29, 1.82) is 0 Å². The predicted octanol–water partition coefficient (Wildman–Crippen LogP) is 5.09. The van der Waals surface area contributed by atoms with Crippen LogP contribution in [0.2, 0.25) is 0 Å². The Morgan fingerprint density at radius 3 is 2.37 bits per heavy atom. The van der Waals surface area contributed by atoms with Gasteiger partial charge in [-0.2, -0.15) is 0 Å². The third kappa shape index (κ3) is 3.38. The monoisotopic (exact) mass is 328 g/mol. The Bertz CT molecular complexity index is 596. The van der Waals surface area contributed by atoms with Crippen LogP contribution >= 0.6 is 15.9 Å². The van der Waals surface area contributed by atoms with Crippen LogP contribution in [0.3, 0.4) is 0 Å². The van der Waals surface area contributed by atoms with Crippen LogP contribution in [0.25, 0.3) is 0 Å².